The van der Waals surface area contributed by atoms with E-state index < -0.39 is 0 Å². The first-order chi connectivity index (χ1) is 7.31. The van der Waals surface area contributed by atoms with Gasteiger partial charge in [-0.05, 0) is 43.4 Å². The van der Waals surface area contributed by atoms with Gasteiger partial charge in [0.05, 0.1) is 18.4 Å². The first-order valence-electron chi connectivity index (χ1n) is 5.52. The highest BCUT2D eigenvalue weighted by Gasteiger charge is 2.30. The molecule has 2 rings (SSSR count). The Balaban J connectivity index is 2.04. The van der Waals surface area contributed by atoms with Crippen LogP contribution in [0.1, 0.15) is 37.1 Å². The highest BCUT2D eigenvalue weighted by Crippen LogP contribution is 2.40. The molecule has 0 radical (unpaired) electrons. The summed E-state index contributed by atoms with van der Waals surface area (Å²) >= 11 is 0. The lowest BCUT2D eigenvalue weighted by molar-refractivity contribution is 0.130. The SMILES string of the molecule is CCOCc1cc(C(O)C2CC2)ccn1. The van der Waals surface area contributed by atoms with E-state index in [0.29, 0.717) is 19.1 Å². The summed E-state index contributed by atoms with van der Waals surface area (Å²) in [5.41, 5.74) is 1.87. The maximum Gasteiger partial charge on any atom is 0.0887 e. The van der Waals surface area contributed by atoms with Crippen molar-refractivity contribution in [3.05, 3.63) is 29.6 Å². The summed E-state index contributed by atoms with van der Waals surface area (Å²) in [7, 11) is 0. The summed E-state index contributed by atoms with van der Waals surface area (Å²) in [6.45, 7) is 3.18. The molecule has 1 aliphatic carbocycles. The number of rotatable bonds is 5. The molecule has 0 aromatic carbocycles. The lowest BCUT2D eigenvalue weighted by Crippen LogP contribution is -2.02. The third kappa shape index (κ3) is 2.76. The van der Waals surface area contributed by atoms with Gasteiger partial charge in [-0.3, -0.25) is 4.98 Å². The van der Waals surface area contributed by atoms with E-state index in [9.17, 15) is 5.11 Å². The zero-order valence-electron chi connectivity index (χ0n) is 9.02. The molecule has 1 N–H and O–H groups in total. The van der Waals surface area contributed by atoms with E-state index in [-0.39, 0.29) is 6.10 Å². The van der Waals surface area contributed by atoms with Crippen molar-refractivity contribution >= 4 is 0 Å². The van der Waals surface area contributed by atoms with Crippen molar-refractivity contribution in [3.8, 4) is 0 Å². The molecule has 1 aromatic rings. The fourth-order valence-electron chi connectivity index (χ4n) is 1.65. The molecular formula is C12H17NO2. The van der Waals surface area contributed by atoms with E-state index in [1.54, 1.807) is 6.20 Å². The van der Waals surface area contributed by atoms with E-state index in [1.807, 2.05) is 19.1 Å². The summed E-state index contributed by atoms with van der Waals surface area (Å²) < 4.78 is 5.29. The van der Waals surface area contributed by atoms with Crippen molar-refractivity contribution in [1.29, 1.82) is 0 Å². The molecule has 0 bridgehead atoms. The largest absolute Gasteiger partial charge is 0.388 e. The average molecular weight is 207 g/mol. The van der Waals surface area contributed by atoms with Gasteiger partial charge in [0.2, 0.25) is 0 Å². The van der Waals surface area contributed by atoms with Crippen molar-refractivity contribution < 1.29 is 9.84 Å². The summed E-state index contributed by atoms with van der Waals surface area (Å²) in [5.74, 6) is 0.465. The minimum Gasteiger partial charge on any atom is -0.388 e. The number of hydrogen-bond donors (Lipinski definition) is 1. The van der Waals surface area contributed by atoms with Crippen LogP contribution in [0.4, 0.5) is 0 Å². The van der Waals surface area contributed by atoms with E-state index in [1.165, 1.54) is 0 Å². The monoisotopic (exact) mass is 207 g/mol. The number of aliphatic hydroxyl groups is 1. The minimum atomic E-state index is -0.312. The molecular weight excluding hydrogens is 190 g/mol. The number of ether oxygens (including phenoxy) is 1. The molecule has 3 heteroatoms. The second-order valence-electron chi connectivity index (χ2n) is 4.00. The van der Waals surface area contributed by atoms with Gasteiger partial charge in [0.25, 0.3) is 0 Å². The number of aliphatic hydroxyl groups excluding tert-OH is 1. The first kappa shape index (κ1) is 10.6. The van der Waals surface area contributed by atoms with Crippen LogP contribution in [0, 0.1) is 5.92 Å². The highest BCUT2D eigenvalue weighted by atomic mass is 16.5. The summed E-state index contributed by atoms with van der Waals surface area (Å²) in [6, 6.07) is 3.83. The number of nitrogens with zero attached hydrogens (tertiary/aromatic N) is 1. The maximum atomic E-state index is 9.94. The lowest BCUT2D eigenvalue weighted by Gasteiger charge is -2.10. The summed E-state index contributed by atoms with van der Waals surface area (Å²) in [4.78, 5) is 4.20. The molecule has 0 spiro atoms. The normalized spacial score (nSPS) is 17.7. The Labute approximate surface area is 90.1 Å². The molecule has 1 saturated carbocycles. The predicted molar refractivity (Wildman–Crippen MR) is 57.3 cm³/mol. The lowest BCUT2D eigenvalue weighted by atomic mass is 10.1. The Morgan fingerprint density at radius 1 is 1.60 bits per heavy atom. The van der Waals surface area contributed by atoms with Crippen LogP contribution in [0.25, 0.3) is 0 Å². The van der Waals surface area contributed by atoms with Gasteiger partial charge >= 0.3 is 0 Å². The van der Waals surface area contributed by atoms with Crippen molar-refractivity contribution in [2.24, 2.45) is 5.92 Å². The van der Waals surface area contributed by atoms with E-state index in [2.05, 4.69) is 4.98 Å². The van der Waals surface area contributed by atoms with Crippen LogP contribution in [0.15, 0.2) is 18.3 Å². The third-order valence-electron chi connectivity index (χ3n) is 2.70. The van der Waals surface area contributed by atoms with Crippen LogP contribution in [-0.4, -0.2) is 16.7 Å². The Kier molecular flexibility index (Phi) is 3.34. The van der Waals surface area contributed by atoms with Gasteiger partial charge in [0, 0.05) is 12.8 Å². The van der Waals surface area contributed by atoms with Crippen LogP contribution in [-0.2, 0) is 11.3 Å². The summed E-state index contributed by atoms with van der Waals surface area (Å²) in [6.07, 6.45) is 3.72. The Bertz CT molecular complexity index is 323. The van der Waals surface area contributed by atoms with Gasteiger partial charge in [-0.2, -0.15) is 0 Å². The van der Waals surface area contributed by atoms with Crippen LogP contribution in [0.5, 0.6) is 0 Å². The Morgan fingerprint density at radius 2 is 2.40 bits per heavy atom. The predicted octanol–water partition coefficient (Wildman–Crippen LogP) is 2.06. The van der Waals surface area contributed by atoms with Gasteiger partial charge in [-0.1, -0.05) is 0 Å². The van der Waals surface area contributed by atoms with Gasteiger partial charge in [-0.25, -0.2) is 0 Å². The second-order valence-corrected chi connectivity index (χ2v) is 4.00. The topological polar surface area (TPSA) is 42.4 Å². The fraction of sp³-hybridized carbons (Fsp3) is 0.583. The summed E-state index contributed by atoms with van der Waals surface area (Å²) in [5, 5.41) is 9.94. The molecule has 1 unspecified atom stereocenters. The van der Waals surface area contributed by atoms with Crippen molar-refractivity contribution in [2.75, 3.05) is 6.61 Å². The molecule has 1 heterocycles. The van der Waals surface area contributed by atoms with Gasteiger partial charge in [-0.15, -0.1) is 0 Å². The quantitative estimate of drug-likeness (QED) is 0.803. The molecule has 0 aliphatic heterocycles. The van der Waals surface area contributed by atoms with E-state index in [4.69, 9.17) is 4.74 Å². The second kappa shape index (κ2) is 4.73. The van der Waals surface area contributed by atoms with Crippen LogP contribution in [0.3, 0.4) is 0 Å². The zero-order valence-corrected chi connectivity index (χ0v) is 9.02. The van der Waals surface area contributed by atoms with Gasteiger partial charge in [0.1, 0.15) is 0 Å². The number of pyridine rings is 1. The van der Waals surface area contributed by atoms with Crippen LogP contribution in [0.2, 0.25) is 0 Å². The minimum absolute atomic E-state index is 0.312. The van der Waals surface area contributed by atoms with Crippen molar-refractivity contribution in [1.82, 2.24) is 4.98 Å². The Morgan fingerprint density at radius 3 is 3.07 bits per heavy atom. The number of aromatic nitrogens is 1. The highest BCUT2D eigenvalue weighted by molar-refractivity contribution is 5.20. The van der Waals surface area contributed by atoms with E-state index >= 15 is 0 Å². The standard InChI is InChI=1S/C12H17NO2/c1-2-15-8-11-7-10(5-6-13-11)12(14)9-3-4-9/h5-7,9,12,14H,2-4,8H2,1H3. The fourth-order valence-corrected chi connectivity index (χ4v) is 1.65. The molecule has 0 amide bonds. The molecule has 1 aliphatic rings. The van der Waals surface area contributed by atoms with Gasteiger partial charge in [0.15, 0.2) is 0 Å². The van der Waals surface area contributed by atoms with Crippen LogP contribution >= 0.6 is 0 Å². The molecule has 3 nitrogen and oxygen atoms in total. The molecule has 1 aromatic heterocycles. The molecule has 15 heavy (non-hydrogen) atoms. The van der Waals surface area contributed by atoms with E-state index in [0.717, 1.165) is 24.1 Å². The van der Waals surface area contributed by atoms with Crippen LogP contribution < -0.4 is 0 Å². The third-order valence-corrected chi connectivity index (χ3v) is 2.70. The Hall–Kier alpha value is -0.930. The first-order valence-corrected chi connectivity index (χ1v) is 5.52. The zero-order chi connectivity index (χ0) is 10.7. The molecule has 1 atom stereocenters. The van der Waals surface area contributed by atoms with Gasteiger partial charge < -0.3 is 9.84 Å². The molecule has 0 saturated heterocycles. The number of hydrogen-bond acceptors (Lipinski definition) is 3. The average Bonchev–Trinajstić information content (AvgIpc) is 3.09. The smallest absolute Gasteiger partial charge is 0.0887 e. The molecule has 82 valence electrons. The van der Waals surface area contributed by atoms with Crippen molar-refractivity contribution in [2.45, 2.75) is 32.5 Å². The maximum absolute atomic E-state index is 9.94. The molecule has 1 fully saturated rings. The van der Waals surface area contributed by atoms with Crippen molar-refractivity contribution in [3.63, 3.8) is 0 Å².